The third kappa shape index (κ3) is 5.35. The van der Waals surface area contributed by atoms with Crippen molar-refractivity contribution in [1.29, 1.82) is 0 Å². The van der Waals surface area contributed by atoms with E-state index in [1.54, 1.807) is 5.57 Å². The molecule has 1 heterocycles. The highest BCUT2D eigenvalue weighted by atomic mass is 16.1. The molecule has 1 fully saturated rings. The molecule has 0 saturated carbocycles. The highest BCUT2D eigenvalue weighted by molar-refractivity contribution is 5.80. The Kier molecular flexibility index (Phi) is 6.74. The molecule has 1 aliphatic carbocycles. The van der Waals surface area contributed by atoms with Crippen molar-refractivity contribution in [3.05, 3.63) is 11.6 Å². The summed E-state index contributed by atoms with van der Waals surface area (Å²) in [4.78, 5) is 17.8. The van der Waals surface area contributed by atoms with Crippen LogP contribution in [0.2, 0.25) is 0 Å². The van der Waals surface area contributed by atoms with Crippen LogP contribution in [-0.2, 0) is 4.79 Å². The highest BCUT2D eigenvalue weighted by Gasteiger charge is 2.23. The molecule has 3 N–H and O–H groups in total. The number of hydrogen-bond donors (Lipinski definition) is 2. The van der Waals surface area contributed by atoms with Crippen LogP contribution in [0.5, 0.6) is 0 Å². The van der Waals surface area contributed by atoms with Gasteiger partial charge in [0.15, 0.2) is 5.96 Å². The van der Waals surface area contributed by atoms with Crippen LogP contribution in [0.4, 0.5) is 0 Å². The van der Waals surface area contributed by atoms with Gasteiger partial charge in [-0.25, -0.2) is 0 Å². The smallest absolute Gasteiger partial charge is 0.217 e. The zero-order chi connectivity index (χ0) is 15.8. The van der Waals surface area contributed by atoms with Gasteiger partial charge < -0.3 is 16.0 Å². The van der Waals surface area contributed by atoms with E-state index in [9.17, 15) is 4.79 Å². The van der Waals surface area contributed by atoms with E-state index in [0.717, 1.165) is 44.9 Å². The normalized spacial score (nSPS) is 23.1. The maximum atomic E-state index is 11.1. The van der Waals surface area contributed by atoms with Crippen LogP contribution in [0, 0.1) is 5.92 Å². The zero-order valence-corrected chi connectivity index (χ0v) is 13.8. The fraction of sp³-hybridized carbons (Fsp3) is 0.765. The summed E-state index contributed by atoms with van der Waals surface area (Å²) in [6, 6.07) is 0. The second kappa shape index (κ2) is 8.81. The fourth-order valence-electron chi connectivity index (χ4n) is 3.51. The Morgan fingerprint density at radius 2 is 2.32 bits per heavy atom. The van der Waals surface area contributed by atoms with Gasteiger partial charge >= 0.3 is 0 Å². The average molecular weight is 306 g/mol. The summed E-state index contributed by atoms with van der Waals surface area (Å²) in [5.74, 6) is 1.13. The zero-order valence-electron chi connectivity index (χ0n) is 13.8. The minimum atomic E-state index is -0.195. The molecule has 0 aromatic rings. The summed E-state index contributed by atoms with van der Waals surface area (Å²) < 4.78 is 0. The van der Waals surface area contributed by atoms with Gasteiger partial charge in [0.2, 0.25) is 5.91 Å². The van der Waals surface area contributed by atoms with Crippen molar-refractivity contribution in [2.45, 2.75) is 51.4 Å². The molecule has 5 heteroatoms. The molecular formula is C17H30N4O. The van der Waals surface area contributed by atoms with Gasteiger partial charge in [-0.1, -0.05) is 11.6 Å². The first-order valence-corrected chi connectivity index (χ1v) is 8.61. The summed E-state index contributed by atoms with van der Waals surface area (Å²) in [6.07, 6.45) is 11.4. The van der Waals surface area contributed by atoms with Crippen molar-refractivity contribution < 1.29 is 4.79 Å². The van der Waals surface area contributed by atoms with Crippen LogP contribution < -0.4 is 11.1 Å². The minimum Gasteiger partial charge on any atom is -0.370 e. The van der Waals surface area contributed by atoms with Crippen LogP contribution in [0.15, 0.2) is 16.6 Å². The number of carbonyl (C=O) groups is 1. The van der Waals surface area contributed by atoms with Crippen LogP contribution in [0.25, 0.3) is 0 Å². The number of amides is 1. The van der Waals surface area contributed by atoms with E-state index < -0.39 is 0 Å². The van der Waals surface area contributed by atoms with Crippen molar-refractivity contribution in [3.63, 3.8) is 0 Å². The Hall–Kier alpha value is -1.52. The van der Waals surface area contributed by atoms with E-state index in [2.05, 4.69) is 21.3 Å². The number of allylic oxidation sites excluding steroid dienone is 1. The lowest BCUT2D eigenvalue weighted by Crippen LogP contribution is -2.47. The van der Waals surface area contributed by atoms with Gasteiger partial charge in [0.1, 0.15) is 0 Å². The fourth-order valence-corrected chi connectivity index (χ4v) is 3.51. The molecule has 5 nitrogen and oxygen atoms in total. The topological polar surface area (TPSA) is 70.7 Å². The number of guanidine groups is 1. The Bertz CT molecular complexity index is 430. The number of rotatable bonds is 5. The summed E-state index contributed by atoms with van der Waals surface area (Å²) in [5, 5.41) is 3.48. The number of carbonyl (C=O) groups excluding carboxylic acids is 1. The lowest BCUT2D eigenvalue weighted by Gasteiger charge is -2.34. The van der Waals surface area contributed by atoms with Gasteiger partial charge in [-0.15, -0.1) is 0 Å². The van der Waals surface area contributed by atoms with E-state index in [1.165, 1.54) is 25.7 Å². The van der Waals surface area contributed by atoms with E-state index in [1.807, 2.05) is 7.05 Å². The van der Waals surface area contributed by atoms with E-state index in [0.29, 0.717) is 12.3 Å². The predicted octanol–water partition coefficient (Wildman–Crippen LogP) is 2.04. The molecule has 0 bridgehead atoms. The maximum absolute atomic E-state index is 11.1. The molecule has 1 saturated heterocycles. The number of aliphatic imine (C=N–C) groups is 1. The van der Waals surface area contributed by atoms with Gasteiger partial charge in [0, 0.05) is 33.1 Å². The lowest BCUT2D eigenvalue weighted by atomic mass is 9.95. The maximum Gasteiger partial charge on any atom is 0.217 e. The molecule has 0 spiro atoms. The standard InChI is InChI=1S/C17H30N4O/c1-19-17(20-10-9-14-6-3-2-4-7-14)21-11-5-8-15(13-21)12-16(18)22/h6,15H,2-5,7-13H2,1H3,(H2,18,22)(H,19,20). The second-order valence-corrected chi connectivity index (χ2v) is 6.46. The van der Waals surface area contributed by atoms with Gasteiger partial charge in [0.25, 0.3) is 0 Å². The second-order valence-electron chi connectivity index (χ2n) is 6.46. The third-order valence-electron chi connectivity index (χ3n) is 4.63. The van der Waals surface area contributed by atoms with Gasteiger partial charge in [-0.2, -0.15) is 0 Å². The van der Waals surface area contributed by atoms with E-state index in [-0.39, 0.29) is 5.91 Å². The molecule has 22 heavy (non-hydrogen) atoms. The Balaban J connectivity index is 1.78. The summed E-state index contributed by atoms with van der Waals surface area (Å²) in [7, 11) is 1.83. The van der Waals surface area contributed by atoms with Crippen LogP contribution in [0.1, 0.15) is 51.4 Å². The summed E-state index contributed by atoms with van der Waals surface area (Å²) >= 11 is 0. The first-order chi connectivity index (χ1) is 10.7. The van der Waals surface area contributed by atoms with Gasteiger partial charge in [-0.3, -0.25) is 9.79 Å². The quantitative estimate of drug-likeness (QED) is 0.464. The Morgan fingerprint density at radius 3 is 3.00 bits per heavy atom. The lowest BCUT2D eigenvalue weighted by molar-refractivity contribution is -0.119. The molecule has 0 aromatic heterocycles. The molecule has 1 aliphatic heterocycles. The number of hydrogen-bond acceptors (Lipinski definition) is 2. The molecule has 1 unspecified atom stereocenters. The van der Waals surface area contributed by atoms with Crippen molar-refractivity contribution in [2.75, 3.05) is 26.7 Å². The van der Waals surface area contributed by atoms with Gasteiger partial charge in [0.05, 0.1) is 0 Å². The molecule has 2 aliphatic rings. The van der Waals surface area contributed by atoms with E-state index >= 15 is 0 Å². The number of nitrogens with two attached hydrogens (primary N) is 1. The molecule has 0 aromatic carbocycles. The molecule has 124 valence electrons. The first kappa shape index (κ1) is 16.8. The molecular weight excluding hydrogens is 276 g/mol. The molecule has 1 atom stereocenters. The number of primary amides is 1. The average Bonchev–Trinajstić information content (AvgIpc) is 2.52. The van der Waals surface area contributed by atoms with E-state index in [4.69, 9.17) is 5.73 Å². The van der Waals surface area contributed by atoms with Crippen LogP contribution in [-0.4, -0.2) is 43.4 Å². The van der Waals surface area contributed by atoms with Gasteiger partial charge in [-0.05, 0) is 50.9 Å². The first-order valence-electron chi connectivity index (χ1n) is 8.61. The third-order valence-corrected chi connectivity index (χ3v) is 4.63. The molecule has 2 rings (SSSR count). The van der Waals surface area contributed by atoms with Crippen molar-refractivity contribution in [2.24, 2.45) is 16.6 Å². The molecule has 1 amide bonds. The Morgan fingerprint density at radius 1 is 1.45 bits per heavy atom. The number of nitrogens with zero attached hydrogens (tertiary/aromatic N) is 2. The van der Waals surface area contributed by atoms with Crippen molar-refractivity contribution in [1.82, 2.24) is 10.2 Å². The minimum absolute atomic E-state index is 0.195. The van der Waals surface area contributed by atoms with Crippen LogP contribution >= 0.6 is 0 Å². The number of piperidine rings is 1. The number of nitrogens with one attached hydrogen (secondary N) is 1. The van der Waals surface area contributed by atoms with Crippen LogP contribution in [0.3, 0.4) is 0 Å². The van der Waals surface area contributed by atoms with Crippen molar-refractivity contribution >= 4 is 11.9 Å². The summed E-state index contributed by atoms with van der Waals surface area (Å²) in [6.45, 7) is 2.83. The SMILES string of the molecule is CN=C(NCCC1=CCCCC1)N1CCCC(CC(N)=O)C1. The molecule has 0 radical (unpaired) electrons. The Labute approximate surface area is 134 Å². The largest absolute Gasteiger partial charge is 0.370 e. The highest BCUT2D eigenvalue weighted by Crippen LogP contribution is 2.20. The predicted molar refractivity (Wildman–Crippen MR) is 90.6 cm³/mol. The van der Waals surface area contributed by atoms with Crippen molar-refractivity contribution in [3.8, 4) is 0 Å². The number of likely N-dealkylation sites (tertiary alicyclic amines) is 1. The summed E-state index contributed by atoms with van der Waals surface area (Å²) in [5.41, 5.74) is 6.91. The monoisotopic (exact) mass is 306 g/mol.